The van der Waals surface area contributed by atoms with Gasteiger partial charge in [0.1, 0.15) is 17.1 Å². The van der Waals surface area contributed by atoms with Gasteiger partial charge in [-0.05, 0) is 38.5 Å². The van der Waals surface area contributed by atoms with Gasteiger partial charge in [-0.25, -0.2) is 4.98 Å². The van der Waals surface area contributed by atoms with Crippen LogP contribution < -0.4 is 19.9 Å². The van der Waals surface area contributed by atoms with Gasteiger partial charge in [0.25, 0.3) is 5.91 Å². The Balaban J connectivity index is 0.00000363. The molecule has 2 heterocycles. The lowest BCUT2D eigenvalue weighted by molar-refractivity contribution is 0.0828. The second kappa shape index (κ2) is 11.8. The third-order valence-corrected chi connectivity index (χ3v) is 5.26. The van der Waals surface area contributed by atoms with E-state index in [2.05, 4.69) is 33.1 Å². The Labute approximate surface area is 198 Å². The zero-order chi connectivity index (χ0) is 22.4. The summed E-state index contributed by atoms with van der Waals surface area (Å²) in [6.45, 7) is 10.3. The lowest BCUT2D eigenvalue weighted by Crippen LogP contribution is -2.47. The first kappa shape index (κ1) is 25.6. The molecule has 1 aliphatic rings. The van der Waals surface area contributed by atoms with Crippen molar-refractivity contribution in [3.05, 3.63) is 42.1 Å². The number of carbonyl (C=O) groups excluding carboxylic acids is 1. The second-order valence-corrected chi connectivity index (χ2v) is 8.29. The predicted octanol–water partition coefficient (Wildman–Crippen LogP) is 4.14. The highest BCUT2D eigenvalue weighted by Gasteiger charge is 2.27. The number of para-hydroxylation sites is 2. The second-order valence-electron chi connectivity index (χ2n) is 8.29. The van der Waals surface area contributed by atoms with E-state index < -0.39 is 0 Å². The van der Waals surface area contributed by atoms with Crippen LogP contribution in [0.1, 0.15) is 37.6 Å². The number of halogens is 1. The Morgan fingerprint density at radius 1 is 1.12 bits per heavy atom. The van der Waals surface area contributed by atoms with E-state index >= 15 is 0 Å². The van der Waals surface area contributed by atoms with Gasteiger partial charge in [0.05, 0.1) is 17.5 Å². The molecule has 0 spiro atoms. The van der Waals surface area contributed by atoms with E-state index in [1.165, 1.54) is 0 Å². The fourth-order valence-corrected chi connectivity index (χ4v) is 3.76. The Hall–Kier alpha value is -2.67. The number of hydrogen-bond donors (Lipinski definition) is 1. The topological polar surface area (TPSA) is 60.9 Å². The minimum absolute atomic E-state index is 0. The number of hydrogen-bond acceptors (Lipinski definition) is 6. The van der Waals surface area contributed by atoms with Crippen molar-refractivity contribution in [2.24, 2.45) is 0 Å². The number of carbonyl (C=O) groups is 1. The molecular formula is C24H36ClN5O2. The molecule has 1 aliphatic heterocycles. The van der Waals surface area contributed by atoms with E-state index in [0.717, 1.165) is 62.1 Å². The molecule has 0 unspecified atom stereocenters. The van der Waals surface area contributed by atoms with Gasteiger partial charge >= 0.3 is 0 Å². The minimum Gasteiger partial charge on any atom is -0.489 e. The monoisotopic (exact) mass is 461 g/mol. The van der Waals surface area contributed by atoms with Crippen molar-refractivity contribution in [2.75, 3.05) is 61.9 Å². The van der Waals surface area contributed by atoms with Crippen molar-refractivity contribution >= 4 is 35.5 Å². The zero-order valence-corrected chi connectivity index (χ0v) is 20.6. The Kier molecular flexibility index (Phi) is 9.44. The normalized spacial score (nSPS) is 13.6. The summed E-state index contributed by atoms with van der Waals surface area (Å²) < 4.78 is 6.01. The van der Waals surface area contributed by atoms with Crippen LogP contribution in [0.2, 0.25) is 0 Å². The van der Waals surface area contributed by atoms with Crippen molar-refractivity contribution in [2.45, 2.75) is 33.3 Å². The van der Waals surface area contributed by atoms with Crippen LogP contribution in [0.4, 0.5) is 17.2 Å². The Bertz CT molecular complexity index is 882. The van der Waals surface area contributed by atoms with E-state index in [-0.39, 0.29) is 24.4 Å². The standard InChI is InChI=1S/C24H35N5O2.ClH/c1-6-12-25-19-11-13-26-23(22(19)24(30)27(4)5)29-16-14-28(15-17-29)20-9-7-8-10-21(20)31-18(2)3;/h7-11,13,18H,6,12,14-17H2,1-5H3,(H,25,26);1H. The number of benzene rings is 1. The predicted molar refractivity (Wildman–Crippen MR) is 135 cm³/mol. The van der Waals surface area contributed by atoms with Crippen LogP contribution in [0.25, 0.3) is 0 Å². The van der Waals surface area contributed by atoms with Gasteiger partial charge in [-0.2, -0.15) is 0 Å². The van der Waals surface area contributed by atoms with E-state index in [1.54, 1.807) is 25.2 Å². The van der Waals surface area contributed by atoms with Gasteiger partial charge in [0.15, 0.2) is 0 Å². The first-order valence-electron chi connectivity index (χ1n) is 11.1. The molecule has 2 aromatic rings. The fraction of sp³-hybridized carbons (Fsp3) is 0.500. The van der Waals surface area contributed by atoms with E-state index in [9.17, 15) is 4.79 Å². The first-order chi connectivity index (χ1) is 14.9. The number of nitrogens with zero attached hydrogens (tertiary/aromatic N) is 4. The lowest BCUT2D eigenvalue weighted by Gasteiger charge is -2.38. The molecule has 1 amide bonds. The fourth-order valence-electron chi connectivity index (χ4n) is 3.76. The zero-order valence-electron chi connectivity index (χ0n) is 19.8. The number of amides is 1. The highest BCUT2D eigenvalue weighted by atomic mass is 35.5. The van der Waals surface area contributed by atoms with Crippen LogP contribution in [0.5, 0.6) is 5.75 Å². The largest absolute Gasteiger partial charge is 0.489 e. The maximum absolute atomic E-state index is 13.0. The van der Waals surface area contributed by atoms with Crippen molar-refractivity contribution in [3.8, 4) is 5.75 Å². The van der Waals surface area contributed by atoms with Crippen LogP contribution in [-0.2, 0) is 0 Å². The molecule has 176 valence electrons. The molecule has 0 radical (unpaired) electrons. The SMILES string of the molecule is CCCNc1ccnc(N2CCN(c3ccccc3OC(C)C)CC2)c1C(=O)N(C)C.Cl. The van der Waals surface area contributed by atoms with Gasteiger partial charge in [-0.15, -0.1) is 12.4 Å². The van der Waals surface area contributed by atoms with Gasteiger partial charge in [0, 0.05) is 53.0 Å². The summed E-state index contributed by atoms with van der Waals surface area (Å²) in [5.41, 5.74) is 2.62. The minimum atomic E-state index is -0.0280. The Morgan fingerprint density at radius 2 is 1.78 bits per heavy atom. The molecule has 0 atom stereocenters. The number of ether oxygens (including phenoxy) is 1. The molecule has 1 fully saturated rings. The molecule has 1 aromatic heterocycles. The molecule has 0 bridgehead atoms. The van der Waals surface area contributed by atoms with Crippen LogP contribution in [0, 0.1) is 0 Å². The molecular weight excluding hydrogens is 426 g/mol. The van der Waals surface area contributed by atoms with Crippen molar-refractivity contribution < 1.29 is 9.53 Å². The maximum Gasteiger partial charge on any atom is 0.259 e. The summed E-state index contributed by atoms with van der Waals surface area (Å²) >= 11 is 0. The summed E-state index contributed by atoms with van der Waals surface area (Å²) in [6.07, 6.45) is 2.91. The Morgan fingerprint density at radius 3 is 2.41 bits per heavy atom. The first-order valence-corrected chi connectivity index (χ1v) is 11.1. The summed E-state index contributed by atoms with van der Waals surface area (Å²) in [6, 6.07) is 10.1. The molecule has 1 aromatic carbocycles. The summed E-state index contributed by atoms with van der Waals surface area (Å²) in [7, 11) is 3.57. The lowest BCUT2D eigenvalue weighted by atomic mass is 10.1. The third kappa shape index (κ3) is 5.97. The molecule has 32 heavy (non-hydrogen) atoms. The molecule has 3 rings (SSSR count). The number of pyridine rings is 1. The van der Waals surface area contributed by atoms with Crippen molar-refractivity contribution in [3.63, 3.8) is 0 Å². The number of nitrogens with one attached hydrogen (secondary N) is 1. The average Bonchev–Trinajstić information content (AvgIpc) is 2.77. The van der Waals surface area contributed by atoms with E-state index in [0.29, 0.717) is 5.56 Å². The molecule has 8 heteroatoms. The summed E-state index contributed by atoms with van der Waals surface area (Å²) in [5, 5.41) is 3.40. The van der Waals surface area contributed by atoms with Crippen LogP contribution in [0.3, 0.4) is 0 Å². The van der Waals surface area contributed by atoms with Crippen LogP contribution >= 0.6 is 12.4 Å². The van der Waals surface area contributed by atoms with E-state index in [1.807, 2.05) is 38.1 Å². The summed E-state index contributed by atoms with van der Waals surface area (Å²) in [5.74, 6) is 1.64. The molecule has 7 nitrogen and oxygen atoms in total. The number of rotatable bonds is 8. The molecule has 1 N–H and O–H groups in total. The van der Waals surface area contributed by atoms with Gasteiger partial charge in [0.2, 0.25) is 0 Å². The van der Waals surface area contributed by atoms with Crippen LogP contribution in [-0.4, -0.2) is 68.7 Å². The summed E-state index contributed by atoms with van der Waals surface area (Å²) in [4.78, 5) is 23.8. The van der Waals surface area contributed by atoms with Gasteiger partial charge in [-0.3, -0.25) is 4.79 Å². The smallest absolute Gasteiger partial charge is 0.259 e. The third-order valence-electron chi connectivity index (χ3n) is 5.26. The van der Waals surface area contributed by atoms with Crippen molar-refractivity contribution in [1.82, 2.24) is 9.88 Å². The maximum atomic E-state index is 13.0. The highest BCUT2D eigenvalue weighted by molar-refractivity contribution is 6.04. The number of aromatic nitrogens is 1. The average molecular weight is 462 g/mol. The van der Waals surface area contributed by atoms with Crippen LogP contribution in [0.15, 0.2) is 36.5 Å². The van der Waals surface area contributed by atoms with Gasteiger partial charge < -0.3 is 24.8 Å². The quantitative estimate of drug-likeness (QED) is 0.637. The molecule has 1 saturated heterocycles. The van der Waals surface area contributed by atoms with E-state index in [4.69, 9.17) is 4.74 Å². The number of anilines is 3. The number of piperazine rings is 1. The highest BCUT2D eigenvalue weighted by Crippen LogP contribution is 2.32. The van der Waals surface area contributed by atoms with Crippen molar-refractivity contribution in [1.29, 1.82) is 0 Å². The van der Waals surface area contributed by atoms with Gasteiger partial charge in [-0.1, -0.05) is 19.1 Å². The molecule has 0 saturated carbocycles. The molecule has 0 aliphatic carbocycles.